The van der Waals surface area contributed by atoms with Crippen LogP contribution in [0.4, 0.5) is 4.79 Å². The molecule has 2 aliphatic rings. The molecule has 0 radical (unpaired) electrons. The molecule has 1 saturated heterocycles. The van der Waals surface area contributed by atoms with Gasteiger partial charge < -0.3 is 29.5 Å². The summed E-state index contributed by atoms with van der Waals surface area (Å²) in [5, 5.41) is 5.60. The average molecular weight is 652 g/mol. The van der Waals surface area contributed by atoms with Crippen LogP contribution in [0.25, 0.3) is 0 Å². The number of hydrogen-bond donors (Lipinski definition) is 2. The van der Waals surface area contributed by atoms with Gasteiger partial charge in [0.2, 0.25) is 11.8 Å². The van der Waals surface area contributed by atoms with Crippen molar-refractivity contribution < 1.29 is 42.3 Å². The number of amides is 3. The van der Waals surface area contributed by atoms with E-state index in [0.29, 0.717) is 25.8 Å². The second kappa shape index (κ2) is 16.5. The zero-order valence-corrected chi connectivity index (χ0v) is 28.3. The van der Waals surface area contributed by atoms with Gasteiger partial charge >= 0.3 is 19.7 Å². The van der Waals surface area contributed by atoms with Crippen molar-refractivity contribution in [3.63, 3.8) is 0 Å². The fourth-order valence-electron chi connectivity index (χ4n) is 5.58. The highest BCUT2D eigenvalue weighted by atomic mass is 31.2. The van der Waals surface area contributed by atoms with Crippen molar-refractivity contribution in [2.75, 3.05) is 13.2 Å². The number of carbonyl (C=O) groups is 4. The van der Waals surface area contributed by atoms with Crippen LogP contribution < -0.4 is 15.2 Å². The Bertz CT molecular complexity index is 1200. The van der Waals surface area contributed by atoms with Crippen molar-refractivity contribution >= 4 is 31.5 Å². The van der Waals surface area contributed by atoms with Crippen LogP contribution in [0.3, 0.4) is 0 Å². The lowest BCUT2D eigenvalue weighted by Gasteiger charge is -2.36. The fraction of sp³-hybridized carbons (Fsp3) is 0.688. The molecule has 0 bridgehead atoms. The van der Waals surface area contributed by atoms with Crippen molar-refractivity contribution in [2.45, 2.75) is 123 Å². The summed E-state index contributed by atoms with van der Waals surface area (Å²) in [4.78, 5) is 54.4. The van der Waals surface area contributed by atoms with Gasteiger partial charge in [0.25, 0.3) is 0 Å². The van der Waals surface area contributed by atoms with Gasteiger partial charge in [-0.05, 0) is 76.3 Å². The normalized spacial score (nSPS) is 20.4. The molecule has 1 heterocycles. The van der Waals surface area contributed by atoms with Gasteiger partial charge in [-0.3, -0.25) is 14.1 Å². The summed E-state index contributed by atoms with van der Waals surface area (Å²) < 4.78 is 36.8. The van der Waals surface area contributed by atoms with E-state index in [1.165, 1.54) is 11.8 Å². The minimum absolute atomic E-state index is 0.111. The van der Waals surface area contributed by atoms with E-state index in [9.17, 15) is 23.7 Å². The molecular weight excluding hydrogens is 601 g/mol. The number of hydrogen-bond acceptors (Lipinski definition) is 9. The number of para-hydroxylation sites is 1. The third-order valence-electron chi connectivity index (χ3n) is 7.94. The van der Waals surface area contributed by atoms with Gasteiger partial charge in [-0.1, -0.05) is 52.3 Å². The Morgan fingerprint density at radius 3 is 2.27 bits per heavy atom. The number of ether oxygens (including phenoxy) is 2. The molecule has 1 saturated carbocycles. The first-order chi connectivity index (χ1) is 21.3. The van der Waals surface area contributed by atoms with E-state index in [-0.39, 0.29) is 24.9 Å². The van der Waals surface area contributed by atoms with E-state index in [4.69, 9.17) is 18.5 Å². The zero-order chi connectivity index (χ0) is 33.2. The van der Waals surface area contributed by atoms with E-state index in [2.05, 4.69) is 10.6 Å². The number of rotatable bonds is 14. The second-order valence-electron chi connectivity index (χ2n) is 12.7. The summed E-state index contributed by atoms with van der Waals surface area (Å²) in [5.41, 5.74) is -0.670. The van der Waals surface area contributed by atoms with Gasteiger partial charge in [0, 0.05) is 6.54 Å². The third kappa shape index (κ3) is 10.2. The van der Waals surface area contributed by atoms with E-state index in [1.54, 1.807) is 37.3 Å². The summed E-state index contributed by atoms with van der Waals surface area (Å²) in [6.07, 6.45) is 3.23. The Balaban J connectivity index is 1.82. The van der Waals surface area contributed by atoms with Crippen LogP contribution in [-0.4, -0.2) is 72.0 Å². The third-order valence-corrected chi connectivity index (χ3v) is 10.2. The molecule has 13 heteroatoms. The molecule has 2 fully saturated rings. The molecule has 12 nitrogen and oxygen atoms in total. The molecule has 1 aliphatic heterocycles. The molecule has 5 atom stereocenters. The minimum atomic E-state index is -4.23. The Kier molecular flexibility index (Phi) is 13.3. The van der Waals surface area contributed by atoms with Gasteiger partial charge in [0.15, 0.2) is 6.10 Å². The molecule has 3 rings (SSSR count). The molecule has 2 N–H and O–H groups in total. The number of carbonyl (C=O) groups excluding carboxylic acids is 4. The second-order valence-corrected chi connectivity index (χ2v) is 14.8. The Hall–Kier alpha value is -3.11. The van der Waals surface area contributed by atoms with Crippen molar-refractivity contribution in [3.05, 3.63) is 30.3 Å². The first kappa shape index (κ1) is 36.4. The van der Waals surface area contributed by atoms with Crippen LogP contribution in [0.1, 0.15) is 92.9 Å². The lowest BCUT2D eigenvalue weighted by Crippen LogP contribution is -2.58. The highest BCUT2D eigenvalue weighted by molar-refractivity contribution is 7.55. The number of benzene rings is 1. The predicted molar refractivity (Wildman–Crippen MR) is 169 cm³/mol. The van der Waals surface area contributed by atoms with Gasteiger partial charge in [-0.25, -0.2) is 14.2 Å². The first-order valence-corrected chi connectivity index (χ1v) is 17.7. The van der Waals surface area contributed by atoms with Gasteiger partial charge in [-0.2, -0.15) is 0 Å². The van der Waals surface area contributed by atoms with E-state index in [1.807, 2.05) is 27.7 Å². The van der Waals surface area contributed by atoms with Crippen LogP contribution in [0, 0.1) is 5.41 Å². The highest BCUT2D eigenvalue weighted by Crippen LogP contribution is 2.54. The largest absolute Gasteiger partial charge is 0.464 e. The molecule has 1 aromatic carbocycles. The molecule has 45 heavy (non-hydrogen) atoms. The Morgan fingerprint density at radius 1 is 1.00 bits per heavy atom. The molecule has 252 valence electrons. The highest BCUT2D eigenvalue weighted by Gasteiger charge is 2.46. The maximum Gasteiger partial charge on any atom is 0.408 e. The maximum atomic E-state index is 14.5. The van der Waals surface area contributed by atoms with Gasteiger partial charge in [0.05, 0.1) is 6.61 Å². The predicted octanol–water partition coefficient (Wildman–Crippen LogP) is 5.54. The van der Waals surface area contributed by atoms with Crippen LogP contribution in [-0.2, 0) is 32.9 Å². The Morgan fingerprint density at radius 2 is 1.67 bits per heavy atom. The van der Waals surface area contributed by atoms with Crippen molar-refractivity contribution in [2.24, 2.45) is 5.41 Å². The Labute approximate surface area is 266 Å². The van der Waals surface area contributed by atoms with Crippen LogP contribution in [0.2, 0.25) is 0 Å². The SMILES string of the molecule is CCCC(NC(=O)[C@@H]1CCCN1C(=O)[C@@H](NC(=O)OC1CCCC1)C(C)(C)C)P(=O)(Oc1ccccc1)O[C@@H](C)C(=O)OCC. The summed E-state index contributed by atoms with van der Waals surface area (Å²) in [5.74, 6) is -2.51. The fourth-order valence-corrected chi connectivity index (χ4v) is 7.70. The van der Waals surface area contributed by atoms with Crippen LogP contribution in [0.5, 0.6) is 5.75 Å². The van der Waals surface area contributed by atoms with Crippen molar-refractivity contribution in [1.82, 2.24) is 15.5 Å². The molecular formula is C32H50N3O9P. The van der Waals surface area contributed by atoms with Crippen molar-refractivity contribution in [3.8, 4) is 5.75 Å². The van der Waals surface area contributed by atoms with Gasteiger partial charge in [-0.15, -0.1) is 0 Å². The monoisotopic (exact) mass is 651 g/mol. The summed E-state index contributed by atoms with van der Waals surface area (Å²) >= 11 is 0. The summed E-state index contributed by atoms with van der Waals surface area (Å²) in [6.45, 7) is 10.9. The van der Waals surface area contributed by atoms with E-state index < -0.39 is 60.9 Å². The minimum Gasteiger partial charge on any atom is -0.464 e. The number of nitrogens with zero attached hydrogens (tertiary/aromatic N) is 1. The van der Waals surface area contributed by atoms with Crippen LogP contribution in [0.15, 0.2) is 30.3 Å². The lowest BCUT2D eigenvalue weighted by atomic mass is 9.85. The molecule has 1 aliphatic carbocycles. The van der Waals surface area contributed by atoms with E-state index in [0.717, 1.165) is 25.7 Å². The molecule has 0 aromatic heterocycles. The topological polar surface area (TPSA) is 150 Å². The maximum absolute atomic E-state index is 14.5. The number of esters is 1. The van der Waals surface area contributed by atoms with Gasteiger partial charge in [0.1, 0.15) is 29.7 Å². The first-order valence-electron chi connectivity index (χ1n) is 16.1. The standard InChI is InChI=1S/C32H50N3O9P/c1-7-15-26(45(40,43-22(3)30(38)41-8-2)44-24-18-10-9-11-19-24)33-28(36)25-20-14-21-35(25)29(37)27(32(4,5)6)34-31(39)42-23-16-12-13-17-23/h9-11,18-19,22-23,25-27H,7-8,12-17,20-21H2,1-6H3,(H,33,36)(H,34,39)/t22-,25-,26?,27+,45?/m0/s1. The van der Waals surface area contributed by atoms with Crippen molar-refractivity contribution in [1.29, 1.82) is 0 Å². The summed E-state index contributed by atoms with van der Waals surface area (Å²) in [7, 11) is -4.23. The molecule has 0 spiro atoms. The van der Waals surface area contributed by atoms with Crippen LogP contribution >= 0.6 is 7.60 Å². The number of alkyl carbamates (subject to hydrolysis) is 1. The molecule has 2 unspecified atom stereocenters. The summed E-state index contributed by atoms with van der Waals surface area (Å²) in [6, 6.07) is 6.56. The molecule has 1 aromatic rings. The molecule has 3 amide bonds. The number of nitrogens with one attached hydrogen (secondary N) is 2. The lowest BCUT2D eigenvalue weighted by molar-refractivity contribution is -0.150. The quantitative estimate of drug-likeness (QED) is 0.195. The number of likely N-dealkylation sites (tertiary alicyclic amines) is 1. The smallest absolute Gasteiger partial charge is 0.408 e. The average Bonchev–Trinajstić information content (AvgIpc) is 3.68. The zero-order valence-electron chi connectivity index (χ0n) is 27.4. The van der Waals surface area contributed by atoms with E-state index >= 15 is 0 Å².